The Kier molecular flexibility index (Phi) is 3.69. The van der Waals surface area contributed by atoms with Gasteiger partial charge in [-0.25, -0.2) is 0 Å². The van der Waals surface area contributed by atoms with Crippen molar-refractivity contribution in [2.24, 2.45) is 5.41 Å². The molecule has 3 heterocycles. The van der Waals surface area contributed by atoms with Crippen molar-refractivity contribution in [3.63, 3.8) is 0 Å². The van der Waals surface area contributed by atoms with Gasteiger partial charge in [0.2, 0.25) is 5.91 Å². The van der Waals surface area contributed by atoms with E-state index in [1.807, 2.05) is 24.0 Å². The topological polar surface area (TPSA) is 45.2 Å². The molecule has 0 saturated carbocycles. The predicted octanol–water partition coefficient (Wildman–Crippen LogP) is 2.40. The minimum absolute atomic E-state index is 0.0222. The largest absolute Gasteiger partial charge is 0.334 e. The van der Waals surface area contributed by atoms with E-state index in [1.54, 1.807) is 6.20 Å². The van der Waals surface area contributed by atoms with Crippen molar-refractivity contribution in [1.82, 2.24) is 15.2 Å². The Balaban J connectivity index is 1.76. The summed E-state index contributed by atoms with van der Waals surface area (Å²) in [4.78, 5) is 18.7. The normalized spacial score (nSPS) is 23.3. The highest BCUT2D eigenvalue weighted by molar-refractivity contribution is 6.30. The van der Waals surface area contributed by atoms with Gasteiger partial charge in [0.25, 0.3) is 0 Å². The number of amides is 1. The standard InChI is InChI=1S/C15H20ClN3O/c1-11(13-3-2-12(16)9-18-13)19-10-15(8-14(19)20)4-6-17-7-5-15/h2-3,9,11,17H,4-8,10H2,1H3. The SMILES string of the molecule is CC(c1ccc(Cl)cn1)N1CC2(CCNCC2)CC1=O. The Morgan fingerprint density at radius 2 is 2.15 bits per heavy atom. The van der Waals surface area contributed by atoms with Gasteiger partial charge in [-0.1, -0.05) is 11.6 Å². The van der Waals surface area contributed by atoms with Crippen molar-refractivity contribution in [3.05, 3.63) is 29.0 Å². The fourth-order valence-electron chi connectivity index (χ4n) is 3.37. The van der Waals surface area contributed by atoms with Crippen LogP contribution in [0.3, 0.4) is 0 Å². The van der Waals surface area contributed by atoms with Crippen LogP contribution in [-0.4, -0.2) is 35.4 Å². The lowest BCUT2D eigenvalue weighted by Gasteiger charge is -2.34. The number of pyridine rings is 1. The summed E-state index contributed by atoms with van der Waals surface area (Å²) < 4.78 is 0. The number of nitrogens with one attached hydrogen (secondary N) is 1. The van der Waals surface area contributed by atoms with E-state index >= 15 is 0 Å². The van der Waals surface area contributed by atoms with Crippen LogP contribution in [0.2, 0.25) is 5.02 Å². The van der Waals surface area contributed by atoms with Gasteiger partial charge < -0.3 is 10.2 Å². The maximum absolute atomic E-state index is 12.4. The van der Waals surface area contributed by atoms with Gasteiger partial charge in [0.05, 0.1) is 16.8 Å². The van der Waals surface area contributed by atoms with Crippen LogP contribution in [0.25, 0.3) is 0 Å². The van der Waals surface area contributed by atoms with Crippen LogP contribution in [-0.2, 0) is 4.79 Å². The van der Waals surface area contributed by atoms with E-state index in [4.69, 9.17) is 11.6 Å². The van der Waals surface area contributed by atoms with E-state index in [2.05, 4.69) is 10.3 Å². The summed E-state index contributed by atoms with van der Waals surface area (Å²) in [6, 6.07) is 3.77. The van der Waals surface area contributed by atoms with Gasteiger partial charge in [0, 0.05) is 19.2 Å². The summed E-state index contributed by atoms with van der Waals surface area (Å²) in [6.45, 7) is 4.95. The zero-order chi connectivity index (χ0) is 14.2. The number of nitrogens with zero attached hydrogens (tertiary/aromatic N) is 2. The zero-order valence-electron chi connectivity index (χ0n) is 11.7. The second-order valence-electron chi connectivity index (χ2n) is 6.03. The lowest BCUT2D eigenvalue weighted by molar-refractivity contribution is -0.129. The third-order valence-corrected chi connectivity index (χ3v) is 4.89. The smallest absolute Gasteiger partial charge is 0.223 e. The molecule has 2 aliphatic heterocycles. The van der Waals surface area contributed by atoms with Gasteiger partial charge in [-0.05, 0) is 50.4 Å². The second-order valence-corrected chi connectivity index (χ2v) is 6.46. The monoisotopic (exact) mass is 293 g/mol. The number of hydrogen-bond acceptors (Lipinski definition) is 3. The van der Waals surface area contributed by atoms with Crippen molar-refractivity contribution in [1.29, 1.82) is 0 Å². The Labute approximate surface area is 124 Å². The van der Waals surface area contributed by atoms with Crippen molar-refractivity contribution in [3.8, 4) is 0 Å². The number of hydrogen-bond donors (Lipinski definition) is 1. The summed E-state index contributed by atoms with van der Waals surface area (Å²) in [7, 11) is 0. The van der Waals surface area contributed by atoms with E-state index in [-0.39, 0.29) is 17.4 Å². The number of likely N-dealkylation sites (tertiary alicyclic amines) is 1. The molecule has 1 aromatic rings. The number of rotatable bonds is 2. The van der Waals surface area contributed by atoms with Crippen molar-refractivity contribution < 1.29 is 4.79 Å². The maximum atomic E-state index is 12.4. The molecule has 2 fully saturated rings. The van der Waals surface area contributed by atoms with Crippen LogP contribution in [0.5, 0.6) is 0 Å². The van der Waals surface area contributed by atoms with Gasteiger partial charge in [-0.3, -0.25) is 9.78 Å². The first-order valence-corrected chi connectivity index (χ1v) is 7.59. The summed E-state index contributed by atoms with van der Waals surface area (Å²) in [6.07, 6.45) is 4.52. The predicted molar refractivity (Wildman–Crippen MR) is 78.5 cm³/mol. The van der Waals surface area contributed by atoms with Gasteiger partial charge in [-0.15, -0.1) is 0 Å². The van der Waals surface area contributed by atoms with E-state index in [1.165, 1.54) is 0 Å². The molecule has 0 radical (unpaired) electrons. The molecule has 0 aliphatic carbocycles. The Hall–Kier alpha value is -1.13. The van der Waals surface area contributed by atoms with Gasteiger partial charge in [0.15, 0.2) is 0 Å². The molecule has 1 N–H and O–H groups in total. The molecule has 108 valence electrons. The summed E-state index contributed by atoms with van der Waals surface area (Å²) in [5, 5.41) is 4.00. The molecular weight excluding hydrogens is 274 g/mol. The molecule has 5 heteroatoms. The number of piperidine rings is 1. The lowest BCUT2D eigenvalue weighted by Crippen LogP contribution is -2.39. The fourth-order valence-corrected chi connectivity index (χ4v) is 3.48. The second kappa shape index (κ2) is 5.34. The minimum atomic E-state index is 0.0222. The summed E-state index contributed by atoms with van der Waals surface area (Å²) in [5.41, 5.74) is 1.09. The number of carbonyl (C=O) groups is 1. The van der Waals surface area contributed by atoms with Crippen LogP contribution in [0.15, 0.2) is 18.3 Å². The first-order chi connectivity index (χ1) is 9.60. The van der Waals surface area contributed by atoms with Gasteiger partial charge in [0.1, 0.15) is 0 Å². The Morgan fingerprint density at radius 1 is 1.40 bits per heavy atom. The molecule has 3 rings (SSSR count). The van der Waals surface area contributed by atoms with Crippen LogP contribution < -0.4 is 5.32 Å². The van der Waals surface area contributed by atoms with E-state index < -0.39 is 0 Å². The first kappa shape index (κ1) is 13.8. The van der Waals surface area contributed by atoms with Gasteiger partial charge in [-0.2, -0.15) is 0 Å². The molecule has 1 spiro atoms. The fraction of sp³-hybridized carbons (Fsp3) is 0.600. The van der Waals surface area contributed by atoms with E-state index in [0.717, 1.165) is 38.2 Å². The van der Waals surface area contributed by atoms with Crippen LogP contribution in [0, 0.1) is 5.41 Å². The first-order valence-electron chi connectivity index (χ1n) is 7.21. The number of halogens is 1. The summed E-state index contributed by atoms with van der Waals surface area (Å²) in [5.74, 6) is 0.260. The van der Waals surface area contributed by atoms with Crippen LogP contribution in [0.1, 0.15) is 37.9 Å². The third-order valence-electron chi connectivity index (χ3n) is 4.66. The average Bonchev–Trinajstić information content (AvgIpc) is 2.76. The molecule has 2 saturated heterocycles. The molecule has 2 aliphatic rings. The quantitative estimate of drug-likeness (QED) is 0.911. The Bertz CT molecular complexity index is 496. The molecule has 0 aromatic carbocycles. The van der Waals surface area contributed by atoms with Crippen molar-refractivity contribution >= 4 is 17.5 Å². The van der Waals surface area contributed by atoms with E-state index in [9.17, 15) is 4.79 Å². The van der Waals surface area contributed by atoms with Crippen LogP contribution in [0.4, 0.5) is 0 Å². The molecule has 1 amide bonds. The maximum Gasteiger partial charge on any atom is 0.223 e. The third kappa shape index (κ3) is 2.54. The van der Waals surface area contributed by atoms with Crippen molar-refractivity contribution in [2.45, 2.75) is 32.2 Å². The minimum Gasteiger partial charge on any atom is -0.334 e. The Morgan fingerprint density at radius 3 is 2.80 bits per heavy atom. The molecular formula is C15H20ClN3O. The molecule has 1 aromatic heterocycles. The number of carbonyl (C=O) groups excluding carboxylic acids is 1. The summed E-state index contributed by atoms with van der Waals surface area (Å²) >= 11 is 5.87. The molecule has 1 atom stereocenters. The van der Waals surface area contributed by atoms with E-state index in [0.29, 0.717) is 11.4 Å². The highest BCUT2D eigenvalue weighted by atomic mass is 35.5. The highest BCUT2D eigenvalue weighted by Crippen LogP contribution is 2.42. The molecule has 1 unspecified atom stereocenters. The van der Waals surface area contributed by atoms with Gasteiger partial charge >= 0.3 is 0 Å². The number of aromatic nitrogens is 1. The molecule has 4 nitrogen and oxygen atoms in total. The zero-order valence-corrected chi connectivity index (χ0v) is 12.5. The average molecular weight is 294 g/mol. The van der Waals surface area contributed by atoms with Crippen LogP contribution >= 0.6 is 11.6 Å². The van der Waals surface area contributed by atoms with Crippen molar-refractivity contribution in [2.75, 3.05) is 19.6 Å². The molecule has 20 heavy (non-hydrogen) atoms. The molecule has 0 bridgehead atoms. The lowest BCUT2D eigenvalue weighted by atomic mass is 9.78. The highest BCUT2D eigenvalue weighted by Gasteiger charge is 2.45.